The average molecular weight is 295 g/mol. The van der Waals surface area contributed by atoms with Gasteiger partial charge in [-0.1, -0.05) is 11.6 Å². The van der Waals surface area contributed by atoms with Crippen molar-refractivity contribution in [2.75, 3.05) is 18.0 Å². The summed E-state index contributed by atoms with van der Waals surface area (Å²) < 4.78 is 5.53. The van der Waals surface area contributed by atoms with Gasteiger partial charge in [-0.25, -0.2) is 4.98 Å². The number of rotatable bonds is 2. The number of anilines is 1. The summed E-state index contributed by atoms with van der Waals surface area (Å²) >= 11 is 0. The summed E-state index contributed by atoms with van der Waals surface area (Å²) in [7, 11) is 0. The molecule has 2 aliphatic rings. The zero-order valence-corrected chi connectivity index (χ0v) is 12.5. The molecule has 0 aromatic carbocycles. The largest absolute Gasteiger partial charge is 0.368 e. The van der Waals surface area contributed by atoms with Crippen LogP contribution >= 0.6 is 0 Å². The van der Waals surface area contributed by atoms with Gasteiger partial charge in [0.1, 0.15) is 6.07 Å². The molecule has 112 valence electrons. The van der Waals surface area contributed by atoms with Gasteiger partial charge >= 0.3 is 0 Å². The molecule has 2 fully saturated rings. The maximum atomic E-state index is 9.29. The molecule has 0 bridgehead atoms. The van der Waals surface area contributed by atoms with Gasteiger partial charge in [-0.05, 0) is 37.8 Å². The van der Waals surface area contributed by atoms with Crippen molar-refractivity contribution in [3.8, 4) is 6.07 Å². The van der Waals surface area contributed by atoms with Crippen LogP contribution in [0.1, 0.15) is 36.7 Å². The summed E-state index contributed by atoms with van der Waals surface area (Å²) in [5.41, 5.74) is 1.33. The lowest BCUT2D eigenvalue weighted by Crippen LogP contribution is -2.32. The Morgan fingerprint density at radius 2 is 2.41 bits per heavy atom. The second-order valence-corrected chi connectivity index (χ2v) is 6.26. The number of nitriles is 1. The van der Waals surface area contributed by atoms with E-state index in [-0.39, 0.29) is 5.41 Å². The van der Waals surface area contributed by atoms with Gasteiger partial charge in [-0.15, -0.1) is 0 Å². The monoisotopic (exact) mass is 295 g/mol. The van der Waals surface area contributed by atoms with Crippen molar-refractivity contribution >= 4 is 5.69 Å². The maximum absolute atomic E-state index is 9.29. The van der Waals surface area contributed by atoms with Gasteiger partial charge in [0.15, 0.2) is 11.5 Å². The number of nitrogens with zero attached hydrogens (tertiary/aromatic N) is 5. The summed E-state index contributed by atoms with van der Waals surface area (Å²) in [5, 5.41) is 13.3. The molecular weight excluding hydrogens is 278 g/mol. The zero-order valence-electron chi connectivity index (χ0n) is 12.5. The molecule has 2 atom stereocenters. The molecule has 2 aromatic heterocycles. The molecule has 0 N–H and O–H groups in total. The SMILES string of the molecule is Cc1noc([C@]23CCC[C@H]2CN(c2cccnc2C#N)C3)n1. The van der Waals surface area contributed by atoms with E-state index in [2.05, 4.69) is 26.1 Å². The summed E-state index contributed by atoms with van der Waals surface area (Å²) in [6.07, 6.45) is 5.09. The Labute approximate surface area is 128 Å². The molecule has 0 unspecified atom stereocenters. The van der Waals surface area contributed by atoms with Crippen molar-refractivity contribution in [1.29, 1.82) is 5.26 Å². The molecule has 1 saturated carbocycles. The minimum atomic E-state index is -0.0656. The van der Waals surface area contributed by atoms with Crippen LogP contribution in [0.2, 0.25) is 0 Å². The quantitative estimate of drug-likeness (QED) is 0.845. The fourth-order valence-electron chi connectivity index (χ4n) is 4.06. The molecule has 1 aliphatic carbocycles. The Morgan fingerprint density at radius 1 is 1.50 bits per heavy atom. The fourth-order valence-corrected chi connectivity index (χ4v) is 4.06. The topological polar surface area (TPSA) is 78.8 Å². The van der Waals surface area contributed by atoms with E-state index in [1.807, 2.05) is 19.1 Å². The molecule has 0 radical (unpaired) electrons. The number of fused-ring (bicyclic) bond motifs is 1. The molecular formula is C16H17N5O. The first-order valence-corrected chi connectivity index (χ1v) is 7.64. The van der Waals surface area contributed by atoms with Crippen LogP contribution in [0, 0.1) is 24.2 Å². The van der Waals surface area contributed by atoms with E-state index in [0.717, 1.165) is 31.1 Å². The second kappa shape index (κ2) is 4.80. The van der Waals surface area contributed by atoms with Crippen LogP contribution in [-0.2, 0) is 5.41 Å². The molecule has 4 rings (SSSR count). The summed E-state index contributed by atoms with van der Waals surface area (Å²) in [4.78, 5) is 11.0. The van der Waals surface area contributed by atoms with E-state index in [0.29, 0.717) is 17.4 Å². The third-order valence-corrected chi connectivity index (χ3v) is 5.06. The normalized spacial score (nSPS) is 26.9. The molecule has 0 amide bonds. The van der Waals surface area contributed by atoms with Crippen LogP contribution in [-0.4, -0.2) is 28.2 Å². The van der Waals surface area contributed by atoms with Gasteiger partial charge in [0.2, 0.25) is 5.89 Å². The standard InChI is InChI=1S/C16H17N5O/c1-11-19-15(22-20-11)16-6-2-4-12(16)9-21(10-16)14-5-3-7-18-13(14)8-17/h3,5,7,12H,2,4,6,9-10H2,1H3/t12-,16-/m0/s1. The summed E-state index contributed by atoms with van der Waals surface area (Å²) in [6.45, 7) is 3.59. The van der Waals surface area contributed by atoms with Crippen LogP contribution in [0.4, 0.5) is 5.69 Å². The van der Waals surface area contributed by atoms with Crippen molar-refractivity contribution in [3.63, 3.8) is 0 Å². The van der Waals surface area contributed by atoms with Gasteiger partial charge in [0.25, 0.3) is 0 Å². The van der Waals surface area contributed by atoms with E-state index >= 15 is 0 Å². The third kappa shape index (κ3) is 1.82. The zero-order chi connectivity index (χ0) is 15.2. The van der Waals surface area contributed by atoms with Gasteiger partial charge in [0, 0.05) is 19.3 Å². The maximum Gasteiger partial charge on any atom is 0.234 e. The Balaban J connectivity index is 1.72. The lowest BCUT2D eigenvalue weighted by Gasteiger charge is -2.25. The second-order valence-electron chi connectivity index (χ2n) is 6.26. The Bertz CT molecular complexity index is 749. The highest BCUT2D eigenvalue weighted by atomic mass is 16.5. The van der Waals surface area contributed by atoms with E-state index < -0.39 is 0 Å². The van der Waals surface area contributed by atoms with Crippen LogP contribution in [0.5, 0.6) is 0 Å². The van der Waals surface area contributed by atoms with E-state index in [1.165, 1.54) is 12.8 Å². The van der Waals surface area contributed by atoms with Crippen molar-refractivity contribution in [3.05, 3.63) is 35.7 Å². The molecule has 3 heterocycles. The first-order valence-electron chi connectivity index (χ1n) is 7.64. The molecule has 22 heavy (non-hydrogen) atoms. The highest BCUT2D eigenvalue weighted by molar-refractivity contribution is 5.57. The number of hydrogen-bond acceptors (Lipinski definition) is 6. The number of aryl methyl sites for hydroxylation is 1. The van der Waals surface area contributed by atoms with Crippen LogP contribution in [0.3, 0.4) is 0 Å². The van der Waals surface area contributed by atoms with Crippen molar-refractivity contribution in [2.45, 2.75) is 31.6 Å². The van der Waals surface area contributed by atoms with E-state index in [1.54, 1.807) is 6.20 Å². The van der Waals surface area contributed by atoms with Gasteiger partial charge in [0.05, 0.1) is 11.1 Å². The van der Waals surface area contributed by atoms with Crippen LogP contribution in [0.25, 0.3) is 0 Å². The summed E-state index contributed by atoms with van der Waals surface area (Å²) in [6, 6.07) is 6.04. The molecule has 2 aromatic rings. The molecule has 6 heteroatoms. The number of aromatic nitrogens is 3. The predicted molar refractivity (Wildman–Crippen MR) is 79.2 cm³/mol. The molecule has 1 aliphatic heterocycles. The van der Waals surface area contributed by atoms with Gasteiger partial charge in [-0.3, -0.25) is 0 Å². The number of pyridine rings is 1. The Hall–Kier alpha value is -2.42. The minimum absolute atomic E-state index is 0.0656. The summed E-state index contributed by atoms with van der Waals surface area (Å²) in [5.74, 6) is 1.95. The Morgan fingerprint density at radius 3 is 3.18 bits per heavy atom. The average Bonchev–Trinajstić information content (AvgIpc) is 3.20. The smallest absolute Gasteiger partial charge is 0.234 e. The van der Waals surface area contributed by atoms with Gasteiger partial charge < -0.3 is 9.42 Å². The van der Waals surface area contributed by atoms with Crippen LogP contribution in [0.15, 0.2) is 22.9 Å². The van der Waals surface area contributed by atoms with Crippen molar-refractivity contribution < 1.29 is 4.52 Å². The van der Waals surface area contributed by atoms with Crippen molar-refractivity contribution in [1.82, 2.24) is 15.1 Å². The van der Waals surface area contributed by atoms with Crippen molar-refractivity contribution in [2.24, 2.45) is 5.92 Å². The highest BCUT2D eigenvalue weighted by Crippen LogP contribution is 2.50. The Kier molecular flexibility index (Phi) is 2.89. The van der Waals surface area contributed by atoms with Gasteiger partial charge in [-0.2, -0.15) is 10.2 Å². The molecule has 0 spiro atoms. The molecule has 1 saturated heterocycles. The molecule has 6 nitrogen and oxygen atoms in total. The lowest BCUT2D eigenvalue weighted by atomic mass is 9.80. The highest BCUT2D eigenvalue weighted by Gasteiger charge is 2.54. The first-order chi connectivity index (χ1) is 10.7. The van der Waals surface area contributed by atoms with E-state index in [9.17, 15) is 5.26 Å². The fraction of sp³-hybridized carbons (Fsp3) is 0.500. The third-order valence-electron chi connectivity index (χ3n) is 5.06. The lowest BCUT2D eigenvalue weighted by molar-refractivity contribution is 0.265. The van der Waals surface area contributed by atoms with E-state index in [4.69, 9.17) is 4.52 Å². The van der Waals surface area contributed by atoms with Crippen LogP contribution < -0.4 is 4.90 Å². The predicted octanol–water partition coefficient (Wildman–Crippen LogP) is 2.20. The first kappa shape index (κ1) is 13.3. The number of hydrogen-bond donors (Lipinski definition) is 0. The minimum Gasteiger partial charge on any atom is -0.368 e.